The zero-order chi connectivity index (χ0) is 17.9. The van der Waals surface area contributed by atoms with Gasteiger partial charge in [0.1, 0.15) is 18.5 Å². The number of nitrogens with zero attached hydrogens (tertiary/aromatic N) is 1. The number of aliphatic hydroxyl groups excluding tert-OH is 1. The van der Waals surface area contributed by atoms with Gasteiger partial charge >= 0.3 is 0 Å². The van der Waals surface area contributed by atoms with Gasteiger partial charge in [-0.05, 0) is 61.7 Å². The zero-order valence-electron chi connectivity index (χ0n) is 14.7. The normalized spacial score (nSPS) is 22.2. The Bertz CT molecular complexity index is 728. The van der Waals surface area contributed by atoms with Crippen LogP contribution in [0.15, 0.2) is 48.5 Å². The predicted molar refractivity (Wildman–Crippen MR) is 96.9 cm³/mol. The van der Waals surface area contributed by atoms with Gasteiger partial charge in [-0.1, -0.05) is 24.3 Å². The number of piperidine rings is 1. The summed E-state index contributed by atoms with van der Waals surface area (Å²) in [5.41, 5.74) is 0.797. The smallest absolute Gasteiger partial charge is 0.161 e. The Labute approximate surface area is 153 Å². The maximum Gasteiger partial charge on any atom is 0.161 e. The van der Waals surface area contributed by atoms with Gasteiger partial charge in [-0.15, -0.1) is 0 Å². The van der Waals surface area contributed by atoms with Crippen LogP contribution in [0.25, 0.3) is 0 Å². The van der Waals surface area contributed by atoms with Crippen molar-refractivity contribution in [3.05, 3.63) is 59.9 Å². The van der Waals surface area contributed by atoms with Crippen LogP contribution >= 0.6 is 0 Å². The van der Waals surface area contributed by atoms with Crippen molar-refractivity contribution in [2.45, 2.75) is 25.0 Å². The van der Waals surface area contributed by atoms with Crippen LogP contribution in [0.1, 0.15) is 24.5 Å². The summed E-state index contributed by atoms with van der Waals surface area (Å²) in [5.74, 6) is 1.56. The van der Waals surface area contributed by atoms with Crippen LogP contribution < -0.4 is 9.47 Å². The van der Waals surface area contributed by atoms with Crippen molar-refractivity contribution >= 4 is 0 Å². The third kappa shape index (κ3) is 3.84. The lowest BCUT2D eigenvalue weighted by Gasteiger charge is -2.37. The highest BCUT2D eigenvalue weighted by Crippen LogP contribution is 2.33. The standard InChI is InChI=1S/C21H24FNO3/c22-17-7-5-15(6-8-17)21(24)16-9-11-23(12-10-16)13-18-14-25-19-3-1-2-4-20(19)26-18/h1-8,16,18,21,24H,9-14H2. The average molecular weight is 357 g/mol. The zero-order valence-corrected chi connectivity index (χ0v) is 14.7. The summed E-state index contributed by atoms with van der Waals surface area (Å²) >= 11 is 0. The molecule has 2 aliphatic heterocycles. The van der Waals surface area contributed by atoms with E-state index in [1.807, 2.05) is 24.3 Å². The molecule has 4 rings (SSSR count). The second-order valence-corrected chi connectivity index (χ2v) is 7.13. The highest BCUT2D eigenvalue weighted by molar-refractivity contribution is 5.40. The molecular weight excluding hydrogens is 333 g/mol. The first kappa shape index (κ1) is 17.3. The van der Waals surface area contributed by atoms with E-state index in [1.54, 1.807) is 12.1 Å². The van der Waals surface area contributed by atoms with Crippen LogP contribution in [-0.4, -0.2) is 42.4 Å². The first-order valence-corrected chi connectivity index (χ1v) is 9.23. The van der Waals surface area contributed by atoms with Gasteiger partial charge in [-0.3, -0.25) is 4.90 Å². The fraction of sp³-hybridized carbons (Fsp3) is 0.429. The summed E-state index contributed by atoms with van der Waals surface area (Å²) in [6.07, 6.45) is 1.34. The lowest BCUT2D eigenvalue weighted by Crippen LogP contribution is -2.44. The second-order valence-electron chi connectivity index (χ2n) is 7.13. The first-order valence-electron chi connectivity index (χ1n) is 9.23. The van der Waals surface area contributed by atoms with Gasteiger partial charge in [0.2, 0.25) is 0 Å². The predicted octanol–water partition coefficient (Wildman–Crippen LogP) is 3.41. The lowest BCUT2D eigenvalue weighted by atomic mass is 9.87. The van der Waals surface area contributed by atoms with Crippen molar-refractivity contribution in [2.24, 2.45) is 5.92 Å². The maximum absolute atomic E-state index is 13.0. The van der Waals surface area contributed by atoms with Crippen LogP contribution in [-0.2, 0) is 0 Å². The average Bonchev–Trinajstić information content (AvgIpc) is 2.68. The Hall–Kier alpha value is -2.11. The minimum atomic E-state index is -0.529. The Morgan fingerprint density at radius 1 is 1.04 bits per heavy atom. The van der Waals surface area contributed by atoms with Gasteiger partial charge in [0.05, 0.1) is 6.10 Å². The summed E-state index contributed by atoms with van der Waals surface area (Å²) in [5, 5.41) is 10.6. The Balaban J connectivity index is 1.28. The molecule has 2 heterocycles. The van der Waals surface area contributed by atoms with E-state index in [0.717, 1.165) is 49.5 Å². The number of benzene rings is 2. The number of likely N-dealkylation sites (tertiary alicyclic amines) is 1. The number of ether oxygens (including phenoxy) is 2. The van der Waals surface area contributed by atoms with Gasteiger partial charge in [-0.25, -0.2) is 4.39 Å². The van der Waals surface area contributed by atoms with E-state index in [0.29, 0.717) is 6.61 Å². The molecule has 2 unspecified atom stereocenters. The Morgan fingerprint density at radius 2 is 1.73 bits per heavy atom. The molecular formula is C21H24FNO3. The van der Waals surface area contributed by atoms with Crippen LogP contribution in [0.4, 0.5) is 4.39 Å². The van der Waals surface area contributed by atoms with Gasteiger partial charge in [0.25, 0.3) is 0 Å². The summed E-state index contributed by atoms with van der Waals surface area (Å²) < 4.78 is 24.9. The summed E-state index contributed by atoms with van der Waals surface area (Å²) in [6, 6.07) is 13.9. The molecule has 2 aromatic rings. The monoisotopic (exact) mass is 357 g/mol. The highest BCUT2D eigenvalue weighted by atomic mass is 19.1. The van der Waals surface area contributed by atoms with E-state index >= 15 is 0 Å². The third-order valence-corrected chi connectivity index (χ3v) is 5.32. The number of fused-ring (bicyclic) bond motifs is 1. The van der Waals surface area contributed by atoms with Gasteiger partial charge in [0.15, 0.2) is 11.5 Å². The van der Waals surface area contributed by atoms with Gasteiger partial charge in [0, 0.05) is 6.54 Å². The number of aliphatic hydroxyl groups is 1. The van der Waals surface area contributed by atoms with Crippen LogP contribution in [0.5, 0.6) is 11.5 Å². The molecule has 4 nitrogen and oxygen atoms in total. The molecule has 1 N–H and O–H groups in total. The van der Waals surface area contributed by atoms with Gasteiger partial charge < -0.3 is 14.6 Å². The molecule has 5 heteroatoms. The first-order chi connectivity index (χ1) is 12.7. The van der Waals surface area contributed by atoms with Crippen molar-refractivity contribution in [2.75, 3.05) is 26.2 Å². The molecule has 0 radical (unpaired) electrons. The SMILES string of the molecule is OC(c1ccc(F)cc1)C1CCN(CC2COc3ccccc3O2)CC1. The number of hydrogen-bond acceptors (Lipinski definition) is 4. The third-order valence-electron chi connectivity index (χ3n) is 5.32. The molecule has 0 saturated carbocycles. The Morgan fingerprint density at radius 3 is 2.46 bits per heavy atom. The van der Waals surface area contributed by atoms with E-state index < -0.39 is 6.10 Å². The molecule has 2 aromatic carbocycles. The number of rotatable bonds is 4. The quantitative estimate of drug-likeness (QED) is 0.911. The van der Waals surface area contributed by atoms with Crippen molar-refractivity contribution in [3.63, 3.8) is 0 Å². The minimum Gasteiger partial charge on any atom is -0.486 e. The molecule has 0 bridgehead atoms. The molecule has 26 heavy (non-hydrogen) atoms. The molecule has 1 saturated heterocycles. The van der Waals surface area contributed by atoms with Gasteiger partial charge in [-0.2, -0.15) is 0 Å². The minimum absolute atomic E-state index is 0.0310. The number of hydrogen-bond donors (Lipinski definition) is 1. The van der Waals surface area contributed by atoms with Crippen molar-refractivity contribution in [3.8, 4) is 11.5 Å². The van der Waals surface area contributed by atoms with Crippen LogP contribution in [0.2, 0.25) is 0 Å². The lowest BCUT2D eigenvalue weighted by molar-refractivity contribution is 0.0250. The highest BCUT2D eigenvalue weighted by Gasteiger charge is 2.29. The Kier molecular flexibility index (Phi) is 5.09. The molecule has 138 valence electrons. The van der Waals surface area contributed by atoms with E-state index in [9.17, 15) is 9.50 Å². The molecule has 2 aliphatic rings. The number of halogens is 1. The maximum atomic E-state index is 13.0. The fourth-order valence-corrected chi connectivity index (χ4v) is 3.82. The van der Waals surface area contributed by atoms with E-state index in [1.165, 1.54) is 12.1 Å². The van der Waals surface area contributed by atoms with Crippen LogP contribution in [0.3, 0.4) is 0 Å². The van der Waals surface area contributed by atoms with Crippen LogP contribution in [0, 0.1) is 11.7 Å². The molecule has 2 atom stereocenters. The fourth-order valence-electron chi connectivity index (χ4n) is 3.82. The van der Waals surface area contributed by atoms with Crippen molar-refractivity contribution < 1.29 is 19.0 Å². The number of para-hydroxylation sites is 2. The van der Waals surface area contributed by atoms with E-state index in [2.05, 4.69) is 4.90 Å². The summed E-state index contributed by atoms with van der Waals surface area (Å²) in [7, 11) is 0. The largest absolute Gasteiger partial charge is 0.486 e. The molecule has 1 fully saturated rings. The van der Waals surface area contributed by atoms with E-state index in [4.69, 9.17) is 9.47 Å². The molecule has 0 aliphatic carbocycles. The van der Waals surface area contributed by atoms with Crippen molar-refractivity contribution in [1.29, 1.82) is 0 Å². The van der Waals surface area contributed by atoms with E-state index in [-0.39, 0.29) is 17.8 Å². The summed E-state index contributed by atoms with van der Waals surface area (Å²) in [6.45, 7) is 3.23. The summed E-state index contributed by atoms with van der Waals surface area (Å²) in [4.78, 5) is 2.37. The molecule has 0 aromatic heterocycles. The molecule has 0 spiro atoms. The second kappa shape index (κ2) is 7.64. The topological polar surface area (TPSA) is 41.9 Å². The van der Waals surface area contributed by atoms with Crippen molar-refractivity contribution in [1.82, 2.24) is 4.90 Å². The molecule has 0 amide bonds.